The van der Waals surface area contributed by atoms with Crippen LogP contribution in [-0.4, -0.2) is 17.3 Å². The van der Waals surface area contributed by atoms with Crippen LogP contribution in [0.5, 0.6) is 0 Å². The molecule has 2 N–H and O–H groups in total. The first-order valence-electron chi connectivity index (χ1n) is 6.45. The molecule has 1 saturated carbocycles. The van der Waals surface area contributed by atoms with Crippen molar-refractivity contribution < 1.29 is 5.11 Å². The lowest BCUT2D eigenvalue weighted by Crippen LogP contribution is -2.49. The summed E-state index contributed by atoms with van der Waals surface area (Å²) in [6.45, 7) is 0.922. The Morgan fingerprint density at radius 3 is 2.44 bits per heavy atom. The third-order valence-corrected chi connectivity index (χ3v) is 4.50. The van der Waals surface area contributed by atoms with Gasteiger partial charge in [-0.3, -0.25) is 0 Å². The van der Waals surface area contributed by atoms with Gasteiger partial charge in [0.25, 0.3) is 0 Å². The summed E-state index contributed by atoms with van der Waals surface area (Å²) in [6, 6.07) is 5.66. The molecule has 4 heteroatoms. The lowest BCUT2D eigenvalue weighted by atomic mass is 9.82. The smallest absolute Gasteiger partial charge is 0.0613 e. The highest BCUT2D eigenvalue weighted by Crippen LogP contribution is 2.28. The van der Waals surface area contributed by atoms with E-state index in [-0.39, 0.29) is 12.1 Å². The van der Waals surface area contributed by atoms with Crippen LogP contribution in [0.25, 0.3) is 0 Å². The lowest BCUT2D eigenvalue weighted by Gasteiger charge is -2.36. The highest BCUT2D eigenvalue weighted by Gasteiger charge is 2.30. The molecule has 0 spiro atoms. The van der Waals surface area contributed by atoms with Crippen molar-refractivity contribution in [3.05, 3.63) is 33.8 Å². The molecule has 0 amide bonds. The molecular formula is C14H19Cl2NO. The number of hydrogen-bond acceptors (Lipinski definition) is 2. The molecule has 1 aromatic carbocycles. The van der Waals surface area contributed by atoms with Crippen LogP contribution < -0.4 is 5.32 Å². The molecule has 2 nitrogen and oxygen atoms in total. The third-order valence-electron chi connectivity index (χ3n) is 3.76. The molecule has 0 saturated heterocycles. The normalized spacial score (nSPS) is 18.8. The van der Waals surface area contributed by atoms with Crippen LogP contribution in [-0.2, 0) is 6.54 Å². The molecule has 0 aromatic heterocycles. The Hall–Kier alpha value is -0.280. The Morgan fingerprint density at radius 2 is 1.83 bits per heavy atom. The van der Waals surface area contributed by atoms with Crippen molar-refractivity contribution in [3.63, 3.8) is 0 Å². The molecule has 0 aliphatic heterocycles. The summed E-state index contributed by atoms with van der Waals surface area (Å²) in [6.07, 6.45) is 5.75. The summed E-state index contributed by atoms with van der Waals surface area (Å²) in [4.78, 5) is 0. The Balaban J connectivity index is 1.98. The molecule has 1 aromatic rings. The molecule has 0 heterocycles. The number of hydrogen-bond donors (Lipinski definition) is 2. The fraction of sp³-hybridized carbons (Fsp3) is 0.571. The molecule has 100 valence electrons. The number of aliphatic hydroxyl groups excluding tert-OH is 1. The number of halogens is 2. The summed E-state index contributed by atoms with van der Waals surface area (Å²) < 4.78 is 0. The van der Waals surface area contributed by atoms with E-state index < -0.39 is 0 Å². The van der Waals surface area contributed by atoms with E-state index in [1.165, 1.54) is 19.3 Å². The van der Waals surface area contributed by atoms with Gasteiger partial charge in [-0.05, 0) is 30.5 Å². The van der Waals surface area contributed by atoms with Crippen molar-refractivity contribution in [2.75, 3.05) is 6.61 Å². The maximum absolute atomic E-state index is 9.61. The van der Waals surface area contributed by atoms with Crippen molar-refractivity contribution in [1.82, 2.24) is 5.32 Å². The zero-order chi connectivity index (χ0) is 13.0. The summed E-state index contributed by atoms with van der Waals surface area (Å²) >= 11 is 11.9. The number of rotatable bonds is 4. The van der Waals surface area contributed by atoms with Crippen molar-refractivity contribution in [2.24, 2.45) is 0 Å². The Labute approximate surface area is 118 Å². The molecule has 0 radical (unpaired) electrons. The van der Waals surface area contributed by atoms with Gasteiger partial charge >= 0.3 is 0 Å². The first-order chi connectivity index (χ1) is 8.65. The van der Waals surface area contributed by atoms with Gasteiger partial charge in [-0.1, -0.05) is 48.5 Å². The average Bonchev–Trinajstić information content (AvgIpc) is 2.41. The van der Waals surface area contributed by atoms with E-state index in [0.717, 1.165) is 24.9 Å². The minimum atomic E-state index is -0.107. The van der Waals surface area contributed by atoms with Gasteiger partial charge in [-0.25, -0.2) is 0 Å². The second kappa shape index (κ2) is 6.25. The second-order valence-corrected chi connectivity index (χ2v) is 5.92. The second-order valence-electron chi connectivity index (χ2n) is 5.10. The summed E-state index contributed by atoms with van der Waals surface area (Å²) in [7, 11) is 0. The Kier molecular flexibility index (Phi) is 4.91. The standard InChI is InChI=1S/C14H19Cl2NO/c15-12-5-4-11(8-13(12)16)9-17-14(10-18)6-2-1-3-7-14/h4-5,8,17-18H,1-3,6-7,9-10H2. The molecule has 1 aliphatic rings. The maximum Gasteiger partial charge on any atom is 0.0613 e. The third kappa shape index (κ3) is 3.39. The van der Waals surface area contributed by atoms with E-state index in [1.807, 2.05) is 18.2 Å². The minimum Gasteiger partial charge on any atom is -0.394 e. The van der Waals surface area contributed by atoms with Gasteiger partial charge in [0.1, 0.15) is 0 Å². The fourth-order valence-electron chi connectivity index (χ4n) is 2.56. The van der Waals surface area contributed by atoms with Crippen molar-refractivity contribution in [1.29, 1.82) is 0 Å². The van der Waals surface area contributed by atoms with Crippen molar-refractivity contribution in [3.8, 4) is 0 Å². The van der Waals surface area contributed by atoms with E-state index in [1.54, 1.807) is 0 Å². The van der Waals surface area contributed by atoms with Crippen molar-refractivity contribution >= 4 is 23.2 Å². The van der Waals surface area contributed by atoms with Gasteiger partial charge in [0.05, 0.1) is 16.7 Å². The summed E-state index contributed by atoms with van der Waals surface area (Å²) in [5.74, 6) is 0. The number of aliphatic hydroxyl groups is 1. The van der Waals surface area contributed by atoms with E-state index in [9.17, 15) is 5.11 Å². The lowest BCUT2D eigenvalue weighted by molar-refractivity contribution is 0.119. The van der Waals surface area contributed by atoms with Crippen molar-refractivity contribution in [2.45, 2.75) is 44.2 Å². The topological polar surface area (TPSA) is 32.3 Å². The molecular weight excluding hydrogens is 269 g/mol. The Morgan fingerprint density at radius 1 is 1.11 bits per heavy atom. The van der Waals surface area contributed by atoms with Gasteiger partial charge < -0.3 is 10.4 Å². The van der Waals surface area contributed by atoms with E-state index in [0.29, 0.717) is 10.0 Å². The van der Waals surface area contributed by atoms with Crippen LogP contribution in [0, 0.1) is 0 Å². The molecule has 0 unspecified atom stereocenters. The predicted molar refractivity (Wildman–Crippen MR) is 76.2 cm³/mol. The van der Waals surface area contributed by atoms with Crippen LogP contribution in [0.3, 0.4) is 0 Å². The van der Waals surface area contributed by atoms with Crippen LogP contribution in [0.4, 0.5) is 0 Å². The van der Waals surface area contributed by atoms with Crippen LogP contribution in [0.2, 0.25) is 10.0 Å². The van der Waals surface area contributed by atoms with Gasteiger partial charge in [-0.15, -0.1) is 0 Å². The fourth-order valence-corrected chi connectivity index (χ4v) is 2.88. The molecule has 18 heavy (non-hydrogen) atoms. The van der Waals surface area contributed by atoms with Gasteiger partial charge in [-0.2, -0.15) is 0 Å². The summed E-state index contributed by atoms with van der Waals surface area (Å²) in [5, 5.41) is 14.3. The predicted octanol–water partition coefficient (Wildman–Crippen LogP) is 3.78. The van der Waals surface area contributed by atoms with Gasteiger partial charge in [0.15, 0.2) is 0 Å². The van der Waals surface area contributed by atoms with Gasteiger partial charge in [0.2, 0.25) is 0 Å². The first kappa shape index (κ1) is 14.1. The number of benzene rings is 1. The number of nitrogens with one attached hydrogen (secondary N) is 1. The SMILES string of the molecule is OCC1(NCc2ccc(Cl)c(Cl)c2)CCCCC1. The molecule has 1 fully saturated rings. The van der Waals surface area contributed by atoms with Gasteiger partial charge in [0, 0.05) is 12.1 Å². The average molecular weight is 288 g/mol. The summed E-state index contributed by atoms with van der Waals surface area (Å²) in [5.41, 5.74) is 0.993. The maximum atomic E-state index is 9.61. The molecule has 2 rings (SSSR count). The van der Waals surface area contributed by atoms with E-state index in [4.69, 9.17) is 23.2 Å². The van der Waals surface area contributed by atoms with Crippen LogP contribution in [0.1, 0.15) is 37.7 Å². The first-order valence-corrected chi connectivity index (χ1v) is 7.21. The largest absolute Gasteiger partial charge is 0.394 e. The van der Waals surface area contributed by atoms with E-state index in [2.05, 4.69) is 5.32 Å². The molecule has 1 aliphatic carbocycles. The van der Waals surface area contributed by atoms with Crippen LogP contribution in [0.15, 0.2) is 18.2 Å². The zero-order valence-electron chi connectivity index (χ0n) is 10.4. The van der Waals surface area contributed by atoms with Crippen LogP contribution >= 0.6 is 23.2 Å². The quantitative estimate of drug-likeness (QED) is 0.883. The highest BCUT2D eigenvalue weighted by molar-refractivity contribution is 6.42. The monoisotopic (exact) mass is 287 g/mol. The van der Waals surface area contributed by atoms with E-state index >= 15 is 0 Å². The molecule has 0 bridgehead atoms. The molecule has 0 atom stereocenters. The highest BCUT2D eigenvalue weighted by atomic mass is 35.5. The Bertz CT molecular complexity index is 403. The zero-order valence-corrected chi connectivity index (χ0v) is 11.9. The minimum absolute atomic E-state index is 0.107.